The van der Waals surface area contributed by atoms with Gasteiger partial charge in [0, 0.05) is 29.4 Å². The summed E-state index contributed by atoms with van der Waals surface area (Å²) in [5.41, 5.74) is 3.44. The Morgan fingerprint density at radius 1 is 1.22 bits per heavy atom. The molecule has 1 amide bonds. The monoisotopic (exact) mass is 320 g/mol. The molecule has 23 heavy (non-hydrogen) atoms. The predicted octanol–water partition coefficient (Wildman–Crippen LogP) is 3.18. The average molecular weight is 320 g/mol. The highest BCUT2D eigenvalue weighted by atomic mass is 16.2. The third-order valence-corrected chi connectivity index (χ3v) is 4.84. The number of rotatable bonds is 6. The third kappa shape index (κ3) is 4.56. The van der Waals surface area contributed by atoms with Crippen molar-refractivity contribution < 1.29 is 4.79 Å². The van der Waals surface area contributed by atoms with Gasteiger partial charge in [0.25, 0.3) is 0 Å². The molecule has 1 atom stereocenters. The fourth-order valence-corrected chi connectivity index (χ4v) is 3.68. The maximum Gasteiger partial charge on any atom is 0.234 e. The quantitative estimate of drug-likeness (QED) is 0.846. The molecule has 2 N–H and O–H groups in total. The molecule has 1 aliphatic carbocycles. The van der Waals surface area contributed by atoms with E-state index in [1.54, 1.807) is 0 Å². The number of nitrogens with one attached hydrogen (secondary N) is 2. The number of carbonyl (C=O) groups excluding carboxylic acids is 1. The van der Waals surface area contributed by atoms with Crippen LogP contribution in [0.2, 0.25) is 0 Å². The van der Waals surface area contributed by atoms with Crippen LogP contribution in [0.25, 0.3) is 0 Å². The highest BCUT2D eigenvalue weighted by Gasteiger charge is 2.20. The predicted molar refractivity (Wildman–Crippen MR) is 93.5 cm³/mol. The minimum Gasteiger partial charge on any atom is -0.352 e. The molecule has 0 aliphatic heterocycles. The van der Waals surface area contributed by atoms with E-state index < -0.39 is 0 Å². The van der Waals surface area contributed by atoms with Crippen LogP contribution in [0.5, 0.6) is 0 Å². The summed E-state index contributed by atoms with van der Waals surface area (Å²) in [5, 5.41) is 11.1. The number of aromatic nitrogens is 2. The average Bonchev–Trinajstić information content (AvgIpc) is 2.81. The molecular formula is C18H32N4O. The molecular weight excluding hydrogens is 288 g/mol. The normalized spacial score (nSPS) is 17.5. The first-order valence-electron chi connectivity index (χ1n) is 8.98. The van der Waals surface area contributed by atoms with Crippen LogP contribution in [0.15, 0.2) is 0 Å². The summed E-state index contributed by atoms with van der Waals surface area (Å²) < 4.78 is 2.06. The van der Waals surface area contributed by atoms with E-state index in [1.807, 2.05) is 6.92 Å². The Bertz CT molecular complexity index is 529. The lowest BCUT2D eigenvalue weighted by Gasteiger charge is -2.23. The van der Waals surface area contributed by atoms with Gasteiger partial charge >= 0.3 is 0 Å². The molecule has 1 heterocycles. The van der Waals surface area contributed by atoms with E-state index in [9.17, 15) is 4.79 Å². The van der Waals surface area contributed by atoms with Crippen molar-refractivity contribution in [3.63, 3.8) is 0 Å². The van der Waals surface area contributed by atoms with E-state index in [2.05, 4.69) is 48.1 Å². The van der Waals surface area contributed by atoms with E-state index in [1.165, 1.54) is 30.5 Å². The SMILES string of the molecule is Cc1nn(C(C)C)c(C)c1[C@@H](C)NCC(=O)NC1CCCCC1. The van der Waals surface area contributed by atoms with Crippen LogP contribution in [0, 0.1) is 13.8 Å². The van der Waals surface area contributed by atoms with Gasteiger partial charge in [-0.2, -0.15) is 5.10 Å². The van der Waals surface area contributed by atoms with Crippen molar-refractivity contribution in [1.29, 1.82) is 0 Å². The van der Waals surface area contributed by atoms with Crippen molar-refractivity contribution in [3.8, 4) is 0 Å². The van der Waals surface area contributed by atoms with Gasteiger partial charge in [-0.1, -0.05) is 19.3 Å². The summed E-state index contributed by atoms with van der Waals surface area (Å²) in [5.74, 6) is 0.107. The van der Waals surface area contributed by atoms with Crippen LogP contribution in [0.4, 0.5) is 0 Å². The molecule has 0 unspecified atom stereocenters. The van der Waals surface area contributed by atoms with E-state index in [4.69, 9.17) is 0 Å². The van der Waals surface area contributed by atoms with Gasteiger partial charge in [0.1, 0.15) is 0 Å². The Morgan fingerprint density at radius 2 is 1.87 bits per heavy atom. The zero-order valence-corrected chi connectivity index (χ0v) is 15.3. The number of hydrogen-bond donors (Lipinski definition) is 2. The van der Waals surface area contributed by atoms with Crippen molar-refractivity contribution >= 4 is 5.91 Å². The Labute approximate surface area is 140 Å². The Hall–Kier alpha value is -1.36. The molecule has 2 rings (SSSR count). The molecule has 0 radical (unpaired) electrons. The first-order chi connectivity index (χ1) is 10.9. The third-order valence-electron chi connectivity index (χ3n) is 4.84. The van der Waals surface area contributed by atoms with E-state index in [0.29, 0.717) is 18.6 Å². The van der Waals surface area contributed by atoms with E-state index in [0.717, 1.165) is 18.5 Å². The molecule has 1 aromatic heterocycles. The Balaban J connectivity index is 1.89. The molecule has 0 saturated heterocycles. The van der Waals surface area contributed by atoms with Gasteiger partial charge in [-0.05, 0) is 47.5 Å². The zero-order valence-electron chi connectivity index (χ0n) is 15.3. The van der Waals surface area contributed by atoms with E-state index in [-0.39, 0.29) is 11.9 Å². The number of hydrogen-bond acceptors (Lipinski definition) is 3. The van der Waals surface area contributed by atoms with Gasteiger partial charge < -0.3 is 10.6 Å². The molecule has 1 aliphatic rings. The molecule has 5 heteroatoms. The van der Waals surface area contributed by atoms with Crippen LogP contribution in [-0.4, -0.2) is 28.3 Å². The summed E-state index contributed by atoms with van der Waals surface area (Å²) in [6, 6.07) is 0.851. The molecule has 1 saturated carbocycles. The van der Waals surface area contributed by atoms with Crippen molar-refractivity contribution in [1.82, 2.24) is 20.4 Å². The number of carbonyl (C=O) groups is 1. The minimum atomic E-state index is 0.107. The fourth-order valence-electron chi connectivity index (χ4n) is 3.68. The van der Waals surface area contributed by atoms with Crippen molar-refractivity contribution in [2.75, 3.05) is 6.54 Å². The van der Waals surface area contributed by atoms with Gasteiger partial charge in [0.15, 0.2) is 0 Å². The number of amides is 1. The fraction of sp³-hybridized carbons (Fsp3) is 0.778. The molecule has 1 aromatic rings. The Kier molecular flexibility index (Phi) is 6.22. The summed E-state index contributed by atoms with van der Waals surface area (Å²) in [4.78, 5) is 12.1. The molecule has 0 bridgehead atoms. The summed E-state index contributed by atoms with van der Waals surface area (Å²) in [6.45, 7) is 10.9. The van der Waals surface area contributed by atoms with Gasteiger partial charge in [0.05, 0.1) is 12.2 Å². The van der Waals surface area contributed by atoms with Crippen molar-refractivity contribution in [2.24, 2.45) is 0 Å². The van der Waals surface area contributed by atoms with Crippen LogP contribution in [-0.2, 0) is 4.79 Å². The van der Waals surface area contributed by atoms with Crippen LogP contribution in [0.3, 0.4) is 0 Å². The van der Waals surface area contributed by atoms with Crippen LogP contribution in [0.1, 0.15) is 81.9 Å². The van der Waals surface area contributed by atoms with Crippen molar-refractivity contribution in [2.45, 2.75) is 84.8 Å². The minimum absolute atomic E-state index is 0.107. The topological polar surface area (TPSA) is 59.0 Å². The van der Waals surface area contributed by atoms with Gasteiger partial charge in [-0.3, -0.25) is 9.48 Å². The highest BCUT2D eigenvalue weighted by molar-refractivity contribution is 5.78. The van der Waals surface area contributed by atoms with Crippen LogP contribution < -0.4 is 10.6 Å². The number of nitrogens with zero attached hydrogens (tertiary/aromatic N) is 2. The molecule has 0 spiro atoms. The first kappa shape index (κ1) is 18.0. The highest BCUT2D eigenvalue weighted by Crippen LogP contribution is 2.23. The summed E-state index contributed by atoms with van der Waals surface area (Å²) in [6.07, 6.45) is 6.03. The first-order valence-corrected chi connectivity index (χ1v) is 8.98. The maximum atomic E-state index is 12.1. The largest absolute Gasteiger partial charge is 0.352 e. The lowest BCUT2D eigenvalue weighted by Crippen LogP contribution is -2.41. The molecule has 1 fully saturated rings. The zero-order chi connectivity index (χ0) is 17.0. The standard InChI is InChI=1S/C18H32N4O/c1-12(2)22-15(5)18(14(4)21-22)13(3)19-11-17(23)20-16-9-7-6-8-10-16/h12-13,16,19H,6-11H2,1-5H3,(H,20,23)/t13-/m1/s1. The smallest absolute Gasteiger partial charge is 0.234 e. The van der Waals surface area contributed by atoms with Gasteiger partial charge in [-0.15, -0.1) is 0 Å². The second-order valence-electron chi connectivity index (χ2n) is 7.13. The summed E-state index contributed by atoms with van der Waals surface area (Å²) >= 11 is 0. The summed E-state index contributed by atoms with van der Waals surface area (Å²) in [7, 11) is 0. The lowest BCUT2D eigenvalue weighted by atomic mass is 9.95. The molecule has 5 nitrogen and oxygen atoms in total. The van der Waals surface area contributed by atoms with Gasteiger partial charge in [-0.25, -0.2) is 0 Å². The Morgan fingerprint density at radius 3 is 2.43 bits per heavy atom. The van der Waals surface area contributed by atoms with E-state index >= 15 is 0 Å². The van der Waals surface area contributed by atoms with Crippen molar-refractivity contribution in [3.05, 3.63) is 17.0 Å². The van der Waals surface area contributed by atoms with Crippen LogP contribution >= 0.6 is 0 Å². The second-order valence-corrected chi connectivity index (χ2v) is 7.13. The molecule has 130 valence electrons. The number of aryl methyl sites for hydroxylation is 1. The lowest BCUT2D eigenvalue weighted by molar-refractivity contribution is -0.121. The van der Waals surface area contributed by atoms with Gasteiger partial charge in [0.2, 0.25) is 5.91 Å². The maximum absolute atomic E-state index is 12.1. The second kappa shape index (κ2) is 7.95. The molecule has 0 aromatic carbocycles.